The highest BCUT2D eigenvalue weighted by Crippen LogP contribution is 2.38. The Kier molecular flexibility index (Phi) is 4.97. The van der Waals surface area contributed by atoms with Gasteiger partial charge in [-0.25, -0.2) is 9.37 Å². The van der Waals surface area contributed by atoms with Crippen LogP contribution in [0.1, 0.15) is 36.1 Å². The minimum absolute atomic E-state index is 0.0473. The fraction of sp³-hybridized carbons (Fsp3) is 0.261. The number of hydrogen-bond acceptors (Lipinski definition) is 4. The van der Waals surface area contributed by atoms with Crippen molar-refractivity contribution in [1.29, 1.82) is 0 Å². The summed E-state index contributed by atoms with van der Waals surface area (Å²) < 4.78 is 29.2. The SMILES string of the molecule is CCc1cc(C2=N[C@@H](C)[C@](c3ccc(F)cc3)(c3ccnc(F)c3)N2)cn(C)c1=O. The molecule has 154 valence electrons. The molecule has 30 heavy (non-hydrogen) atoms. The number of nitrogens with one attached hydrogen (secondary N) is 1. The number of halogens is 2. The zero-order valence-electron chi connectivity index (χ0n) is 17.0. The minimum atomic E-state index is -0.909. The van der Waals surface area contributed by atoms with Gasteiger partial charge in [-0.15, -0.1) is 0 Å². The van der Waals surface area contributed by atoms with E-state index in [1.165, 1.54) is 29.0 Å². The van der Waals surface area contributed by atoms with Gasteiger partial charge in [-0.1, -0.05) is 19.1 Å². The van der Waals surface area contributed by atoms with Crippen molar-refractivity contribution >= 4 is 5.84 Å². The molecule has 3 heterocycles. The van der Waals surface area contributed by atoms with E-state index in [9.17, 15) is 13.6 Å². The summed E-state index contributed by atoms with van der Waals surface area (Å²) in [6.45, 7) is 3.85. The summed E-state index contributed by atoms with van der Waals surface area (Å²) in [5.41, 5.74) is 1.87. The van der Waals surface area contributed by atoms with Crippen molar-refractivity contribution in [2.24, 2.45) is 12.0 Å². The third-order valence-electron chi connectivity index (χ3n) is 5.66. The van der Waals surface area contributed by atoms with Crippen molar-refractivity contribution in [2.75, 3.05) is 0 Å². The number of benzene rings is 1. The lowest BCUT2D eigenvalue weighted by atomic mass is 9.78. The van der Waals surface area contributed by atoms with Crippen molar-refractivity contribution in [2.45, 2.75) is 31.8 Å². The second-order valence-corrected chi connectivity index (χ2v) is 7.48. The lowest BCUT2D eigenvalue weighted by molar-refractivity contribution is 0.429. The molecular formula is C23H22F2N4O. The van der Waals surface area contributed by atoms with Crippen molar-refractivity contribution in [3.63, 3.8) is 0 Å². The number of aromatic nitrogens is 2. The smallest absolute Gasteiger partial charge is 0.253 e. The molecule has 1 N–H and O–H groups in total. The van der Waals surface area contributed by atoms with Crippen LogP contribution in [0.2, 0.25) is 0 Å². The van der Waals surface area contributed by atoms with E-state index < -0.39 is 11.5 Å². The molecule has 1 aromatic carbocycles. The first-order valence-corrected chi connectivity index (χ1v) is 9.79. The summed E-state index contributed by atoms with van der Waals surface area (Å²) in [6, 6.07) is 10.7. The Bertz CT molecular complexity index is 1190. The minimum Gasteiger partial charge on any atom is -0.354 e. The van der Waals surface area contributed by atoms with E-state index in [1.807, 2.05) is 19.9 Å². The highest BCUT2D eigenvalue weighted by atomic mass is 19.1. The summed E-state index contributed by atoms with van der Waals surface area (Å²) in [5.74, 6) is -0.367. The van der Waals surface area contributed by atoms with E-state index in [1.54, 1.807) is 31.4 Å². The van der Waals surface area contributed by atoms with Gasteiger partial charge in [0, 0.05) is 30.6 Å². The maximum absolute atomic E-state index is 14.0. The lowest BCUT2D eigenvalue weighted by Gasteiger charge is -2.35. The summed E-state index contributed by atoms with van der Waals surface area (Å²) in [5, 5.41) is 3.47. The molecule has 0 unspecified atom stereocenters. The first kappa shape index (κ1) is 19.9. The predicted molar refractivity (Wildman–Crippen MR) is 112 cm³/mol. The number of amidine groups is 1. The molecule has 4 rings (SSSR count). The Labute approximate surface area is 173 Å². The highest BCUT2D eigenvalue weighted by Gasteiger charge is 2.45. The largest absolute Gasteiger partial charge is 0.354 e. The van der Waals surface area contributed by atoms with Crippen LogP contribution in [0.15, 0.2) is 64.6 Å². The number of aliphatic imine (C=N–C) groups is 1. The Balaban J connectivity index is 1.87. The summed E-state index contributed by atoms with van der Waals surface area (Å²) >= 11 is 0. The monoisotopic (exact) mass is 408 g/mol. The summed E-state index contributed by atoms with van der Waals surface area (Å²) in [6.07, 6.45) is 3.74. The average molecular weight is 408 g/mol. The van der Waals surface area contributed by atoms with Gasteiger partial charge in [-0.05, 0) is 54.8 Å². The third-order valence-corrected chi connectivity index (χ3v) is 5.66. The second kappa shape index (κ2) is 7.48. The molecule has 0 spiro atoms. The van der Waals surface area contributed by atoms with Gasteiger partial charge in [0.1, 0.15) is 17.2 Å². The van der Waals surface area contributed by atoms with Crippen LogP contribution in [0.3, 0.4) is 0 Å². The number of rotatable bonds is 4. The van der Waals surface area contributed by atoms with Crippen molar-refractivity contribution in [3.05, 3.63) is 99.2 Å². The molecule has 0 fully saturated rings. The van der Waals surface area contributed by atoms with E-state index in [4.69, 9.17) is 4.99 Å². The van der Waals surface area contributed by atoms with E-state index in [0.29, 0.717) is 23.4 Å². The fourth-order valence-electron chi connectivity index (χ4n) is 4.08. The molecule has 1 aliphatic heterocycles. The first-order chi connectivity index (χ1) is 14.3. The molecule has 0 radical (unpaired) electrons. The molecule has 5 nitrogen and oxygen atoms in total. The van der Waals surface area contributed by atoms with Crippen LogP contribution >= 0.6 is 0 Å². The maximum Gasteiger partial charge on any atom is 0.253 e. The maximum atomic E-state index is 14.0. The number of pyridine rings is 2. The van der Waals surface area contributed by atoms with E-state index in [-0.39, 0.29) is 17.4 Å². The van der Waals surface area contributed by atoms with E-state index >= 15 is 0 Å². The number of aryl methyl sites for hydroxylation is 2. The zero-order valence-corrected chi connectivity index (χ0v) is 17.0. The molecule has 0 amide bonds. The Morgan fingerprint density at radius 3 is 2.53 bits per heavy atom. The van der Waals surface area contributed by atoms with Crippen LogP contribution in [0, 0.1) is 11.8 Å². The fourth-order valence-corrected chi connectivity index (χ4v) is 4.08. The molecule has 2 atom stereocenters. The van der Waals surface area contributed by atoms with Crippen LogP contribution in [-0.2, 0) is 19.0 Å². The molecule has 1 aliphatic rings. The predicted octanol–water partition coefficient (Wildman–Crippen LogP) is 3.30. The molecule has 0 saturated carbocycles. The molecule has 0 bridgehead atoms. The third kappa shape index (κ3) is 3.20. The molecular weight excluding hydrogens is 386 g/mol. The van der Waals surface area contributed by atoms with Crippen molar-refractivity contribution in [1.82, 2.24) is 14.9 Å². The molecule has 7 heteroatoms. The van der Waals surface area contributed by atoms with Crippen LogP contribution < -0.4 is 10.9 Å². The van der Waals surface area contributed by atoms with Gasteiger partial charge in [0.15, 0.2) is 0 Å². The number of hydrogen-bond donors (Lipinski definition) is 1. The highest BCUT2D eigenvalue weighted by molar-refractivity contribution is 6.01. The van der Waals surface area contributed by atoms with Crippen LogP contribution in [0.25, 0.3) is 0 Å². The van der Waals surface area contributed by atoms with E-state index in [2.05, 4.69) is 10.3 Å². The lowest BCUT2D eigenvalue weighted by Crippen LogP contribution is -2.48. The Hall–Kier alpha value is -3.35. The van der Waals surface area contributed by atoms with Gasteiger partial charge in [0.2, 0.25) is 5.95 Å². The summed E-state index contributed by atoms with van der Waals surface area (Å²) in [7, 11) is 1.70. The van der Waals surface area contributed by atoms with Gasteiger partial charge in [0.25, 0.3) is 5.56 Å². The average Bonchev–Trinajstić information content (AvgIpc) is 3.08. The van der Waals surface area contributed by atoms with Gasteiger partial charge in [0.05, 0.1) is 6.04 Å². The van der Waals surface area contributed by atoms with Crippen LogP contribution in [-0.4, -0.2) is 21.4 Å². The topological polar surface area (TPSA) is 59.3 Å². The normalized spacial score (nSPS) is 20.7. The van der Waals surface area contributed by atoms with E-state index in [0.717, 1.165) is 11.1 Å². The molecule has 0 saturated heterocycles. The Morgan fingerprint density at radius 2 is 1.87 bits per heavy atom. The standard InChI is InChI=1S/C23H22F2N4O/c1-4-15-11-16(13-29(3)22(15)30)21-27-14(2)23(28-21,17-5-7-19(24)8-6-17)18-9-10-26-20(25)12-18/h5-14H,4H2,1-3H3,(H,27,28)/t14-,23-/m0/s1. The summed E-state index contributed by atoms with van der Waals surface area (Å²) in [4.78, 5) is 20.8. The first-order valence-electron chi connectivity index (χ1n) is 9.79. The van der Waals surface area contributed by atoms with Crippen LogP contribution in [0.4, 0.5) is 8.78 Å². The Morgan fingerprint density at radius 1 is 1.13 bits per heavy atom. The zero-order chi connectivity index (χ0) is 21.5. The van der Waals surface area contributed by atoms with Gasteiger partial charge >= 0.3 is 0 Å². The molecule has 0 aliphatic carbocycles. The van der Waals surface area contributed by atoms with Crippen molar-refractivity contribution in [3.8, 4) is 0 Å². The van der Waals surface area contributed by atoms with Crippen LogP contribution in [0.5, 0.6) is 0 Å². The quantitative estimate of drug-likeness (QED) is 0.674. The van der Waals surface area contributed by atoms with Crippen molar-refractivity contribution < 1.29 is 8.78 Å². The second-order valence-electron chi connectivity index (χ2n) is 7.48. The van der Waals surface area contributed by atoms with Gasteiger partial charge in [-0.2, -0.15) is 4.39 Å². The number of nitrogens with zero attached hydrogens (tertiary/aromatic N) is 3. The van der Waals surface area contributed by atoms with Gasteiger partial charge < -0.3 is 9.88 Å². The molecule has 3 aromatic rings. The van der Waals surface area contributed by atoms with Gasteiger partial charge in [-0.3, -0.25) is 9.79 Å². The molecule has 2 aromatic heterocycles.